The number of nitrogens with two attached hydrogens (primary N) is 3. The molecule has 0 bridgehead atoms. The SMILES string of the molecule is NC(N)=NCCCC(NC(=O)C(N)CCC(=O)O)C(=O)NC(CCC(=O)O)C(=O)NC(CCC(=O)O)C(=O)O. The van der Waals surface area contributed by atoms with E-state index in [0.29, 0.717) is 0 Å². The smallest absolute Gasteiger partial charge is 0.326 e. The number of carbonyl (C=O) groups is 7. The molecule has 4 unspecified atom stereocenters. The number of nitrogens with zero attached hydrogens (tertiary/aromatic N) is 1. The number of guanidine groups is 1. The second-order valence-electron chi connectivity index (χ2n) is 8.37. The van der Waals surface area contributed by atoms with Gasteiger partial charge in [0.2, 0.25) is 17.7 Å². The van der Waals surface area contributed by atoms with E-state index in [1.165, 1.54) is 0 Å². The zero-order valence-electron chi connectivity index (χ0n) is 21.0. The molecule has 18 heteroatoms. The standard InChI is InChI=1S/C21H35N7O11/c22-10(3-6-14(29)30)17(35)26-11(2-1-9-25-21(23)24)18(36)27-12(4-7-15(31)32)19(37)28-13(20(38)39)5-8-16(33)34/h10-13H,1-9,22H2,(H,26,35)(H,27,36)(H,28,37)(H,29,30)(H,31,32)(H,33,34)(H,38,39)(H4,23,24,25). The number of aliphatic carboxylic acids is 4. The van der Waals surface area contributed by atoms with Crippen molar-refractivity contribution in [3.05, 3.63) is 0 Å². The molecule has 39 heavy (non-hydrogen) atoms. The number of rotatable bonds is 20. The summed E-state index contributed by atoms with van der Waals surface area (Å²) in [4.78, 5) is 86.0. The fraction of sp³-hybridized carbons (Fsp3) is 0.619. The maximum atomic E-state index is 13.0. The highest BCUT2D eigenvalue weighted by Crippen LogP contribution is 2.06. The highest BCUT2D eigenvalue weighted by molar-refractivity contribution is 5.94. The topological polar surface area (TPSA) is 327 Å². The van der Waals surface area contributed by atoms with E-state index in [9.17, 15) is 38.7 Å². The Morgan fingerprint density at radius 1 is 0.615 bits per heavy atom. The minimum Gasteiger partial charge on any atom is -0.481 e. The molecule has 3 amide bonds. The van der Waals surface area contributed by atoms with E-state index >= 15 is 0 Å². The first kappa shape index (κ1) is 34.5. The summed E-state index contributed by atoms with van der Waals surface area (Å²) in [7, 11) is 0. The first-order valence-corrected chi connectivity index (χ1v) is 11.7. The number of carboxylic acids is 4. The van der Waals surface area contributed by atoms with Gasteiger partial charge in [0.15, 0.2) is 5.96 Å². The van der Waals surface area contributed by atoms with Crippen LogP contribution in [0.4, 0.5) is 0 Å². The van der Waals surface area contributed by atoms with Crippen LogP contribution < -0.4 is 33.2 Å². The third-order valence-electron chi connectivity index (χ3n) is 5.13. The number of carbonyl (C=O) groups excluding carboxylic acids is 3. The lowest BCUT2D eigenvalue weighted by atomic mass is 10.1. The second-order valence-corrected chi connectivity index (χ2v) is 8.37. The molecule has 0 saturated carbocycles. The average molecular weight is 562 g/mol. The molecule has 0 aromatic heterocycles. The molecule has 0 aliphatic carbocycles. The lowest BCUT2D eigenvalue weighted by Crippen LogP contribution is -2.57. The predicted octanol–water partition coefficient (Wildman–Crippen LogP) is -3.50. The van der Waals surface area contributed by atoms with Crippen LogP contribution in [0.2, 0.25) is 0 Å². The molecule has 0 aromatic rings. The third kappa shape index (κ3) is 16.1. The van der Waals surface area contributed by atoms with Crippen LogP contribution in [0.5, 0.6) is 0 Å². The monoisotopic (exact) mass is 561 g/mol. The molecule has 0 aromatic carbocycles. The maximum Gasteiger partial charge on any atom is 0.326 e. The minimum atomic E-state index is -1.64. The van der Waals surface area contributed by atoms with E-state index < -0.39 is 97.9 Å². The molecule has 18 nitrogen and oxygen atoms in total. The van der Waals surface area contributed by atoms with Gasteiger partial charge < -0.3 is 53.6 Å². The predicted molar refractivity (Wildman–Crippen MR) is 132 cm³/mol. The molecule has 4 atom stereocenters. The van der Waals surface area contributed by atoms with E-state index in [0.717, 1.165) is 0 Å². The van der Waals surface area contributed by atoms with Crippen molar-refractivity contribution in [1.82, 2.24) is 16.0 Å². The molecule has 0 radical (unpaired) electrons. The van der Waals surface area contributed by atoms with Gasteiger partial charge in [0, 0.05) is 25.8 Å². The largest absolute Gasteiger partial charge is 0.481 e. The van der Waals surface area contributed by atoms with E-state index in [1.54, 1.807) is 0 Å². The molecule has 220 valence electrons. The van der Waals surface area contributed by atoms with Gasteiger partial charge in [0.1, 0.15) is 18.1 Å². The molecule has 0 fully saturated rings. The summed E-state index contributed by atoms with van der Waals surface area (Å²) in [6.45, 7) is 0.0554. The molecular formula is C21H35N7O11. The Hall–Kier alpha value is -4.48. The van der Waals surface area contributed by atoms with Gasteiger partial charge in [-0.1, -0.05) is 0 Å². The van der Waals surface area contributed by atoms with E-state index in [4.69, 9.17) is 32.5 Å². The number of hydrogen-bond donors (Lipinski definition) is 10. The van der Waals surface area contributed by atoms with Gasteiger partial charge in [-0.05, 0) is 32.1 Å². The third-order valence-corrected chi connectivity index (χ3v) is 5.13. The van der Waals surface area contributed by atoms with Crippen molar-refractivity contribution in [3.8, 4) is 0 Å². The first-order chi connectivity index (χ1) is 18.1. The summed E-state index contributed by atoms with van der Waals surface area (Å²) in [5.74, 6) is -8.52. The lowest BCUT2D eigenvalue weighted by molar-refractivity contribution is -0.144. The van der Waals surface area contributed by atoms with Gasteiger partial charge in [0.05, 0.1) is 6.04 Å². The number of amides is 3. The Bertz CT molecular complexity index is 937. The Balaban J connectivity index is 5.71. The van der Waals surface area contributed by atoms with Crippen LogP contribution >= 0.6 is 0 Å². The van der Waals surface area contributed by atoms with Gasteiger partial charge in [-0.2, -0.15) is 0 Å². The summed E-state index contributed by atoms with van der Waals surface area (Å²) < 4.78 is 0. The zero-order chi connectivity index (χ0) is 30.1. The molecule has 0 spiro atoms. The molecule has 0 saturated heterocycles. The van der Waals surface area contributed by atoms with E-state index in [2.05, 4.69) is 20.9 Å². The van der Waals surface area contributed by atoms with Gasteiger partial charge >= 0.3 is 23.9 Å². The Morgan fingerprint density at radius 3 is 1.49 bits per heavy atom. The number of carboxylic acid groups (broad SMARTS) is 4. The summed E-state index contributed by atoms with van der Waals surface area (Å²) in [5, 5.41) is 42.5. The van der Waals surface area contributed by atoms with Crippen molar-refractivity contribution in [2.45, 2.75) is 75.5 Å². The van der Waals surface area contributed by atoms with Crippen LogP contribution in [-0.2, 0) is 33.6 Å². The van der Waals surface area contributed by atoms with Crippen LogP contribution in [0.15, 0.2) is 4.99 Å². The normalized spacial score (nSPS) is 13.6. The maximum absolute atomic E-state index is 13.0. The number of nitrogens with one attached hydrogen (secondary N) is 3. The van der Waals surface area contributed by atoms with Crippen molar-refractivity contribution >= 4 is 47.6 Å². The van der Waals surface area contributed by atoms with Gasteiger partial charge in [-0.15, -0.1) is 0 Å². The molecule has 13 N–H and O–H groups in total. The van der Waals surface area contributed by atoms with Crippen molar-refractivity contribution < 1.29 is 54.0 Å². The summed E-state index contributed by atoms with van der Waals surface area (Å²) >= 11 is 0. The minimum absolute atomic E-state index is 0.0554. The van der Waals surface area contributed by atoms with E-state index in [-0.39, 0.29) is 31.8 Å². The Morgan fingerprint density at radius 2 is 1.03 bits per heavy atom. The fourth-order valence-corrected chi connectivity index (χ4v) is 3.07. The Kier molecular flexibility index (Phi) is 15.8. The van der Waals surface area contributed by atoms with Crippen LogP contribution in [-0.4, -0.2) is 98.7 Å². The zero-order valence-corrected chi connectivity index (χ0v) is 21.0. The average Bonchev–Trinajstić information content (AvgIpc) is 2.83. The summed E-state index contributed by atoms with van der Waals surface area (Å²) in [6, 6.07) is -5.84. The molecular weight excluding hydrogens is 526 g/mol. The second kappa shape index (κ2) is 17.9. The molecule has 0 aliphatic rings. The lowest BCUT2D eigenvalue weighted by Gasteiger charge is -2.25. The van der Waals surface area contributed by atoms with Crippen LogP contribution in [0.25, 0.3) is 0 Å². The van der Waals surface area contributed by atoms with Crippen molar-refractivity contribution in [2.75, 3.05) is 6.54 Å². The summed E-state index contributed by atoms with van der Waals surface area (Å²) in [6.07, 6.45) is -2.71. The first-order valence-electron chi connectivity index (χ1n) is 11.7. The fourth-order valence-electron chi connectivity index (χ4n) is 3.07. The van der Waals surface area contributed by atoms with Crippen molar-refractivity contribution in [1.29, 1.82) is 0 Å². The van der Waals surface area contributed by atoms with Crippen molar-refractivity contribution in [2.24, 2.45) is 22.2 Å². The highest BCUT2D eigenvalue weighted by atomic mass is 16.4. The van der Waals surface area contributed by atoms with Crippen LogP contribution in [0.3, 0.4) is 0 Å². The summed E-state index contributed by atoms with van der Waals surface area (Å²) in [5.41, 5.74) is 16.2. The van der Waals surface area contributed by atoms with Crippen molar-refractivity contribution in [3.63, 3.8) is 0 Å². The van der Waals surface area contributed by atoms with Crippen LogP contribution in [0, 0.1) is 0 Å². The van der Waals surface area contributed by atoms with Gasteiger partial charge in [-0.25, -0.2) is 4.79 Å². The number of aliphatic imine (C=N–C) groups is 1. The van der Waals surface area contributed by atoms with Gasteiger partial charge in [-0.3, -0.25) is 33.8 Å². The van der Waals surface area contributed by atoms with Crippen LogP contribution in [0.1, 0.15) is 51.4 Å². The van der Waals surface area contributed by atoms with Gasteiger partial charge in [0.25, 0.3) is 0 Å². The number of hydrogen-bond acceptors (Lipinski definition) is 9. The highest BCUT2D eigenvalue weighted by Gasteiger charge is 2.30. The molecule has 0 rings (SSSR count). The van der Waals surface area contributed by atoms with E-state index in [1.807, 2.05) is 0 Å². The quantitative estimate of drug-likeness (QED) is 0.0391. The Labute approximate surface area is 222 Å². The molecule has 0 heterocycles. The molecule has 0 aliphatic heterocycles.